The highest BCUT2D eigenvalue weighted by Gasteiger charge is 2.09. The lowest BCUT2D eigenvalue weighted by Crippen LogP contribution is -2.11. The van der Waals surface area contributed by atoms with Crippen molar-refractivity contribution >= 4 is 34.0 Å². The molecular formula is C18H17ClN2. The number of pyridine rings is 1. The average molecular weight is 297 g/mol. The van der Waals surface area contributed by atoms with Gasteiger partial charge >= 0.3 is 0 Å². The van der Waals surface area contributed by atoms with Gasteiger partial charge in [0, 0.05) is 24.0 Å². The fourth-order valence-electron chi connectivity index (χ4n) is 2.41. The molecule has 1 heterocycles. The van der Waals surface area contributed by atoms with Crippen molar-refractivity contribution in [2.75, 3.05) is 11.9 Å². The van der Waals surface area contributed by atoms with Crippen LogP contribution in [0.5, 0.6) is 0 Å². The van der Waals surface area contributed by atoms with Crippen LogP contribution in [0.2, 0.25) is 0 Å². The number of para-hydroxylation sites is 1. The second-order valence-corrected chi connectivity index (χ2v) is 5.45. The van der Waals surface area contributed by atoms with Gasteiger partial charge in [0.1, 0.15) is 5.82 Å². The van der Waals surface area contributed by atoms with Crippen LogP contribution in [0.1, 0.15) is 11.1 Å². The number of aryl methyl sites for hydroxylation is 1. The van der Waals surface area contributed by atoms with Gasteiger partial charge in [0.25, 0.3) is 0 Å². The van der Waals surface area contributed by atoms with Gasteiger partial charge in [0.05, 0.1) is 5.52 Å². The van der Waals surface area contributed by atoms with E-state index in [1.54, 1.807) is 0 Å². The summed E-state index contributed by atoms with van der Waals surface area (Å²) < 4.78 is 0. The summed E-state index contributed by atoms with van der Waals surface area (Å²) >= 11 is 6.10. The zero-order chi connectivity index (χ0) is 14.8. The molecule has 0 saturated carbocycles. The molecule has 3 rings (SSSR count). The number of anilines is 2. The Balaban J connectivity index is 2.09. The van der Waals surface area contributed by atoms with E-state index in [1.165, 1.54) is 5.56 Å². The first-order chi connectivity index (χ1) is 10.2. The summed E-state index contributed by atoms with van der Waals surface area (Å²) in [6.45, 7) is 2.09. The van der Waals surface area contributed by atoms with Gasteiger partial charge in [-0.1, -0.05) is 35.9 Å². The van der Waals surface area contributed by atoms with Crippen molar-refractivity contribution in [3.05, 3.63) is 65.7 Å². The topological polar surface area (TPSA) is 16.1 Å². The van der Waals surface area contributed by atoms with Gasteiger partial charge in [-0.05, 0) is 36.8 Å². The molecule has 0 spiro atoms. The molecule has 1 aromatic heterocycles. The summed E-state index contributed by atoms with van der Waals surface area (Å²) in [4.78, 5) is 6.84. The summed E-state index contributed by atoms with van der Waals surface area (Å²) in [6, 6.07) is 18.6. The summed E-state index contributed by atoms with van der Waals surface area (Å²) in [5.74, 6) is 1.39. The molecular weight excluding hydrogens is 280 g/mol. The zero-order valence-electron chi connectivity index (χ0n) is 12.2. The molecule has 3 heteroatoms. The van der Waals surface area contributed by atoms with E-state index < -0.39 is 0 Å². The Kier molecular flexibility index (Phi) is 3.80. The summed E-state index contributed by atoms with van der Waals surface area (Å²) in [6.07, 6.45) is 0. The number of nitrogens with zero attached hydrogens (tertiary/aromatic N) is 2. The highest BCUT2D eigenvalue weighted by Crippen LogP contribution is 2.27. The number of hydrogen-bond donors (Lipinski definition) is 0. The Morgan fingerprint density at radius 1 is 1.05 bits per heavy atom. The minimum atomic E-state index is 0.484. The van der Waals surface area contributed by atoms with Crippen LogP contribution in [0, 0.1) is 6.92 Å². The fourth-order valence-corrected chi connectivity index (χ4v) is 2.64. The fraction of sp³-hybridized carbons (Fsp3) is 0.167. The maximum atomic E-state index is 6.10. The smallest absolute Gasteiger partial charge is 0.133 e. The van der Waals surface area contributed by atoms with Crippen LogP contribution in [0.15, 0.2) is 54.6 Å². The van der Waals surface area contributed by atoms with E-state index in [0.29, 0.717) is 5.88 Å². The van der Waals surface area contributed by atoms with E-state index in [9.17, 15) is 0 Å². The molecule has 0 N–H and O–H groups in total. The maximum Gasteiger partial charge on any atom is 0.133 e. The predicted molar refractivity (Wildman–Crippen MR) is 90.5 cm³/mol. The van der Waals surface area contributed by atoms with E-state index >= 15 is 0 Å². The number of rotatable bonds is 3. The average Bonchev–Trinajstić information content (AvgIpc) is 2.53. The molecule has 0 atom stereocenters. The normalized spacial score (nSPS) is 10.8. The van der Waals surface area contributed by atoms with Crippen molar-refractivity contribution in [3.63, 3.8) is 0 Å². The van der Waals surface area contributed by atoms with E-state index in [4.69, 9.17) is 16.6 Å². The Morgan fingerprint density at radius 3 is 2.48 bits per heavy atom. The van der Waals surface area contributed by atoms with Crippen molar-refractivity contribution in [1.82, 2.24) is 4.98 Å². The second-order valence-electron chi connectivity index (χ2n) is 5.18. The van der Waals surface area contributed by atoms with Crippen molar-refractivity contribution < 1.29 is 0 Å². The largest absolute Gasteiger partial charge is 0.329 e. The quantitative estimate of drug-likeness (QED) is 0.629. The number of hydrogen-bond acceptors (Lipinski definition) is 2. The summed E-state index contributed by atoms with van der Waals surface area (Å²) in [5.41, 5.74) is 4.45. The van der Waals surface area contributed by atoms with Crippen LogP contribution >= 0.6 is 11.6 Å². The second kappa shape index (κ2) is 5.74. The van der Waals surface area contributed by atoms with E-state index in [2.05, 4.69) is 48.2 Å². The minimum absolute atomic E-state index is 0.484. The first-order valence-electron chi connectivity index (χ1n) is 6.94. The van der Waals surface area contributed by atoms with Gasteiger partial charge in [-0.2, -0.15) is 0 Å². The molecule has 0 amide bonds. The monoisotopic (exact) mass is 296 g/mol. The third-order valence-corrected chi connectivity index (χ3v) is 3.99. The molecule has 2 aromatic carbocycles. The Morgan fingerprint density at radius 2 is 1.76 bits per heavy atom. The molecule has 0 aliphatic rings. The van der Waals surface area contributed by atoms with Gasteiger partial charge in [-0.25, -0.2) is 4.98 Å². The lowest BCUT2D eigenvalue weighted by atomic mass is 10.1. The highest BCUT2D eigenvalue weighted by molar-refractivity contribution is 6.18. The van der Waals surface area contributed by atoms with Crippen molar-refractivity contribution in [3.8, 4) is 0 Å². The first-order valence-corrected chi connectivity index (χ1v) is 7.47. The lowest BCUT2D eigenvalue weighted by molar-refractivity contribution is 1.14. The predicted octanol–water partition coefficient (Wildman–Crippen LogP) is 5.05. The molecule has 2 nitrogen and oxygen atoms in total. The van der Waals surface area contributed by atoms with E-state index in [1.807, 2.05) is 25.2 Å². The lowest BCUT2D eigenvalue weighted by Gasteiger charge is -2.20. The zero-order valence-corrected chi connectivity index (χ0v) is 12.9. The van der Waals surface area contributed by atoms with Gasteiger partial charge in [-0.15, -0.1) is 11.6 Å². The number of fused-ring (bicyclic) bond motifs is 1. The van der Waals surface area contributed by atoms with Crippen molar-refractivity contribution in [1.29, 1.82) is 0 Å². The van der Waals surface area contributed by atoms with Crippen LogP contribution in [-0.4, -0.2) is 12.0 Å². The highest BCUT2D eigenvalue weighted by atomic mass is 35.5. The van der Waals surface area contributed by atoms with Crippen LogP contribution in [0.4, 0.5) is 11.5 Å². The van der Waals surface area contributed by atoms with Crippen LogP contribution in [0.3, 0.4) is 0 Å². The molecule has 0 aliphatic heterocycles. The van der Waals surface area contributed by atoms with Crippen molar-refractivity contribution in [2.45, 2.75) is 12.8 Å². The molecule has 0 aliphatic carbocycles. The number of benzene rings is 2. The third-order valence-electron chi connectivity index (χ3n) is 3.70. The van der Waals surface area contributed by atoms with Gasteiger partial charge in [0.2, 0.25) is 0 Å². The van der Waals surface area contributed by atoms with Gasteiger partial charge < -0.3 is 4.90 Å². The van der Waals surface area contributed by atoms with E-state index in [0.717, 1.165) is 28.0 Å². The molecule has 21 heavy (non-hydrogen) atoms. The van der Waals surface area contributed by atoms with Gasteiger partial charge in [0.15, 0.2) is 0 Å². The third kappa shape index (κ3) is 2.72. The van der Waals surface area contributed by atoms with Gasteiger partial charge in [-0.3, -0.25) is 0 Å². The van der Waals surface area contributed by atoms with E-state index in [-0.39, 0.29) is 0 Å². The number of alkyl halides is 1. The first kappa shape index (κ1) is 13.9. The molecule has 0 unspecified atom stereocenters. The Labute approximate surface area is 130 Å². The van der Waals surface area contributed by atoms with Crippen LogP contribution < -0.4 is 4.90 Å². The summed E-state index contributed by atoms with van der Waals surface area (Å²) in [7, 11) is 2.03. The maximum absolute atomic E-state index is 6.10. The van der Waals surface area contributed by atoms with Crippen LogP contribution in [-0.2, 0) is 5.88 Å². The molecule has 0 radical (unpaired) electrons. The van der Waals surface area contributed by atoms with Crippen molar-refractivity contribution in [2.24, 2.45) is 0 Å². The Bertz CT molecular complexity index is 766. The molecule has 0 fully saturated rings. The standard InChI is InChI=1S/C18H17ClN2/c1-13-7-9-15(10-8-13)21(2)18-11-14(12-19)16-5-3-4-6-17(16)20-18/h3-11H,12H2,1-2H3. The summed E-state index contributed by atoms with van der Waals surface area (Å²) in [5, 5.41) is 1.12. The Hall–Kier alpha value is -2.06. The molecule has 0 saturated heterocycles. The SMILES string of the molecule is Cc1ccc(N(C)c2cc(CCl)c3ccccc3n2)cc1. The molecule has 106 valence electrons. The molecule has 3 aromatic rings. The molecule has 0 bridgehead atoms. The van der Waals surface area contributed by atoms with Crippen LogP contribution in [0.25, 0.3) is 10.9 Å². The number of aromatic nitrogens is 1. The minimum Gasteiger partial charge on any atom is -0.329 e. The number of halogens is 1.